The first kappa shape index (κ1) is 7.80. The van der Waals surface area contributed by atoms with Crippen LogP contribution >= 0.6 is 0 Å². The molecule has 0 heterocycles. The van der Waals surface area contributed by atoms with Gasteiger partial charge in [-0.15, -0.1) is 6.58 Å². The van der Waals surface area contributed by atoms with Crippen molar-refractivity contribution in [1.29, 1.82) is 0 Å². The predicted molar refractivity (Wildman–Crippen MR) is 44.7 cm³/mol. The van der Waals surface area contributed by atoms with Gasteiger partial charge in [0.2, 0.25) is 0 Å². The third kappa shape index (κ3) is 2.14. The maximum absolute atomic E-state index is 5.77. The lowest BCUT2D eigenvalue weighted by Crippen LogP contribution is -2.26. The highest BCUT2D eigenvalue weighted by Crippen LogP contribution is 2.25. The molecule has 0 aliphatic heterocycles. The minimum Gasteiger partial charge on any atom is -0.328 e. The highest BCUT2D eigenvalue weighted by atomic mass is 14.6. The van der Waals surface area contributed by atoms with E-state index in [0.29, 0.717) is 6.04 Å². The molecule has 0 unspecified atom stereocenters. The number of hydrogen-bond acceptors (Lipinski definition) is 1. The molecule has 1 rings (SSSR count). The summed E-state index contributed by atoms with van der Waals surface area (Å²) in [5.41, 5.74) is 5.77. The molecule has 1 nitrogen and oxygen atoms in total. The summed E-state index contributed by atoms with van der Waals surface area (Å²) < 4.78 is 0. The lowest BCUT2D eigenvalue weighted by Gasteiger charge is -2.24. The van der Waals surface area contributed by atoms with Gasteiger partial charge in [-0.1, -0.05) is 6.08 Å². The van der Waals surface area contributed by atoms with Crippen LogP contribution in [0.4, 0.5) is 0 Å². The Morgan fingerprint density at radius 2 is 1.90 bits per heavy atom. The summed E-state index contributed by atoms with van der Waals surface area (Å²) in [6, 6.07) is 0.487. The van der Waals surface area contributed by atoms with E-state index in [-0.39, 0.29) is 0 Å². The quantitative estimate of drug-likeness (QED) is 0.582. The zero-order chi connectivity index (χ0) is 7.40. The molecule has 0 bridgehead atoms. The highest BCUT2D eigenvalue weighted by Gasteiger charge is 2.16. The molecule has 0 aromatic heterocycles. The summed E-state index contributed by atoms with van der Waals surface area (Å²) in [5.74, 6) is 0.886. The van der Waals surface area contributed by atoms with Crippen LogP contribution in [0.5, 0.6) is 0 Å². The molecule has 10 heavy (non-hydrogen) atoms. The van der Waals surface area contributed by atoms with Gasteiger partial charge in [-0.05, 0) is 38.0 Å². The molecule has 1 heteroatoms. The topological polar surface area (TPSA) is 26.0 Å². The normalized spacial score (nSPS) is 33.7. The Morgan fingerprint density at radius 1 is 1.30 bits per heavy atom. The van der Waals surface area contributed by atoms with Gasteiger partial charge in [0, 0.05) is 6.04 Å². The van der Waals surface area contributed by atoms with Crippen LogP contribution in [0.1, 0.15) is 32.1 Å². The molecular weight excluding hydrogens is 122 g/mol. The van der Waals surface area contributed by atoms with Crippen LogP contribution in [-0.2, 0) is 0 Å². The minimum absolute atomic E-state index is 0.487. The highest BCUT2D eigenvalue weighted by molar-refractivity contribution is 4.79. The van der Waals surface area contributed by atoms with Crippen LogP contribution in [0, 0.1) is 5.92 Å². The summed E-state index contributed by atoms with van der Waals surface area (Å²) in [5, 5.41) is 0. The van der Waals surface area contributed by atoms with E-state index in [1.54, 1.807) is 0 Å². The van der Waals surface area contributed by atoms with E-state index in [9.17, 15) is 0 Å². The van der Waals surface area contributed by atoms with Crippen LogP contribution < -0.4 is 5.73 Å². The van der Waals surface area contributed by atoms with E-state index in [1.807, 2.05) is 6.08 Å². The number of rotatable bonds is 2. The average Bonchev–Trinajstić information content (AvgIpc) is 1.95. The van der Waals surface area contributed by atoms with Crippen LogP contribution in [0.3, 0.4) is 0 Å². The molecule has 2 N–H and O–H groups in total. The predicted octanol–water partition coefficient (Wildman–Crippen LogP) is 2.08. The van der Waals surface area contributed by atoms with Gasteiger partial charge in [-0.2, -0.15) is 0 Å². The van der Waals surface area contributed by atoms with Crippen molar-refractivity contribution in [2.75, 3.05) is 0 Å². The molecule has 0 aromatic rings. The molecule has 1 aliphatic rings. The maximum atomic E-state index is 5.77. The van der Waals surface area contributed by atoms with Crippen LogP contribution in [0.15, 0.2) is 12.7 Å². The van der Waals surface area contributed by atoms with Gasteiger partial charge in [0.25, 0.3) is 0 Å². The van der Waals surface area contributed by atoms with Gasteiger partial charge in [-0.3, -0.25) is 0 Å². The Labute approximate surface area is 63.3 Å². The van der Waals surface area contributed by atoms with E-state index in [4.69, 9.17) is 5.73 Å². The zero-order valence-corrected chi connectivity index (χ0v) is 6.55. The van der Waals surface area contributed by atoms with Crippen molar-refractivity contribution in [3.8, 4) is 0 Å². The third-order valence-corrected chi connectivity index (χ3v) is 2.39. The average molecular weight is 139 g/mol. The van der Waals surface area contributed by atoms with Crippen molar-refractivity contribution in [3.63, 3.8) is 0 Å². The molecule has 1 saturated carbocycles. The van der Waals surface area contributed by atoms with Gasteiger partial charge < -0.3 is 5.73 Å². The molecule has 0 aromatic carbocycles. The van der Waals surface area contributed by atoms with Crippen molar-refractivity contribution in [2.45, 2.75) is 38.1 Å². The van der Waals surface area contributed by atoms with E-state index in [0.717, 1.165) is 5.92 Å². The first-order valence-electron chi connectivity index (χ1n) is 4.19. The minimum atomic E-state index is 0.487. The fourth-order valence-electron chi connectivity index (χ4n) is 1.66. The molecule has 0 amide bonds. The van der Waals surface area contributed by atoms with E-state index in [2.05, 4.69) is 6.58 Å². The Kier molecular flexibility index (Phi) is 2.94. The molecule has 0 radical (unpaired) electrons. The lowest BCUT2D eigenvalue weighted by molar-refractivity contribution is 0.329. The number of allylic oxidation sites excluding steroid dienone is 1. The van der Waals surface area contributed by atoms with Crippen molar-refractivity contribution in [2.24, 2.45) is 11.7 Å². The molecular formula is C9H17N. The SMILES string of the molecule is C=CC[C@H]1CC[C@H](N)CC1. The second-order valence-electron chi connectivity index (χ2n) is 3.31. The molecule has 0 spiro atoms. The fraction of sp³-hybridized carbons (Fsp3) is 0.778. The summed E-state index contributed by atoms with van der Waals surface area (Å²) in [6.07, 6.45) is 8.28. The number of nitrogens with two attached hydrogens (primary N) is 1. The van der Waals surface area contributed by atoms with Crippen molar-refractivity contribution < 1.29 is 0 Å². The standard InChI is InChI=1S/C9H17N/c1-2-3-8-4-6-9(10)7-5-8/h2,8-9H,1,3-7,10H2/t8-,9-. The Hall–Kier alpha value is -0.300. The third-order valence-electron chi connectivity index (χ3n) is 2.39. The zero-order valence-electron chi connectivity index (χ0n) is 6.55. The molecule has 0 saturated heterocycles. The second kappa shape index (κ2) is 3.77. The summed E-state index contributed by atoms with van der Waals surface area (Å²) in [7, 11) is 0. The first-order chi connectivity index (χ1) is 4.83. The van der Waals surface area contributed by atoms with Crippen LogP contribution in [0.25, 0.3) is 0 Å². The number of hydrogen-bond donors (Lipinski definition) is 1. The Morgan fingerprint density at radius 3 is 2.40 bits per heavy atom. The second-order valence-corrected chi connectivity index (χ2v) is 3.31. The Balaban J connectivity index is 2.19. The van der Waals surface area contributed by atoms with Crippen molar-refractivity contribution in [1.82, 2.24) is 0 Å². The molecule has 1 fully saturated rings. The fourth-order valence-corrected chi connectivity index (χ4v) is 1.66. The Bertz CT molecular complexity index is 101. The van der Waals surface area contributed by atoms with E-state index < -0.39 is 0 Å². The first-order valence-corrected chi connectivity index (χ1v) is 4.19. The van der Waals surface area contributed by atoms with Gasteiger partial charge in [0.15, 0.2) is 0 Å². The molecule has 1 aliphatic carbocycles. The van der Waals surface area contributed by atoms with Crippen LogP contribution in [-0.4, -0.2) is 6.04 Å². The summed E-state index contributed by atoms with van der Waals surface area (Å²) >= 11 is 0. The summed E-state index contributed by atoms with van der Waals surface area (Å²) in [6.45, 7) is 3.74. The monoisotopic (exact) mass is 139 g/mol. The van der Waals surface area contributed by atoms with Gasteiger partial charge >= 0.3 is 0 Å². The van der Waals surface area contributed by atoms with Crippen LogP contribution in [0.2, 0.25) is 0 Å². The van der Waals surface area contributed by atoms with Gasteiger partial charge in [0.05, 0.1) is 0 Å². The molecule has 58 valence electrons. The molecule has 0 atom stereocenters. The maximum Gasteiger partial charge on any atom is 0.00390 e. The largest absolute Gasteiger partial charge is 0.328 e. The van der Waals surface area contributed by atoms with Crippen molar-refractivity contribution >= 4 is 0 Å². The van der Waals surface area contributed by atoms with E-state index >= 15 is 0 Å². The smallest absolute Gasteiger partial charge is 0.00390 e. The van der Waals surface area contributed by atoms with Gasteiger partial charge in [-0.25, -0.2) is 0 Å². The van der Waals surface area contributed by atoms with Gasteiger partial charge in [0.1, 0.15) is 0 Å². The lowest BCUT2D eigenvalue weighted by atomic mass is 9.85. The van der Waals surface area contributed by atoms with Crippen molar-refractivity contribution in [3.05, 3.63) is 12.7 Å². The summed E-state index contributed by atoms with van der Waals surface area (Å²) in [4.78, 5) is 0. The van der Waals surface area contributed by atoms with E-state index in [1.165, 1.54) is 32.1 Å².